The smallest absolute Gasteiger partial charge is 0.0148 e. The van der Waals surface area contributed by atoms with Crippen LogP contribution < -0.4 is 0 Å². The van der Waals surface area contributed by atoms with E-state index in [1.807, 2.05) is 0 Å². The Balaban J connectivity index is 2.36. The molecular weight excluding hydrogens is 256 g/mol. The summed E-state index contributed by atoms with van der Waals surface area (Å²) in [5.41, 5.74) is 0. The molecule has 0 heterocycles. The number of hydrogen-bond donors (Lipinski definition) is 0. The molecular formula is C8H14Br2. The van der Waals surface area contributed by atoms with Gasteiger partial charge in [-0.15, -0.1) is 0 Å². The summed E-state index contributed by atoms with van der Waals surface area (Å²) < 4.78 is 0. The second kappa shape index (κ2) is 3.57. The average Bonchev–Trinajstić information content (AvgIpc) is 1.56. The number of halogens is 2. The zero-order valence-electron chi connectivity index (χ0n) is 6.48. The molecule has 0 N–H and O–H groups in total. The van der Waals surface area contributed by atoms with Gasteiger partial charge in [0, 0.05) is 9.65 Å². The fourth-order valence-electron chi connectivity index (χ4n) is 1.69. The lowest BCUT2D eigenvalue weighted by atomic mass is 9.71. The maximum absolute atomic E-state index is 3.64. The van der Waals surface area contributed by atoms with E-state index in [0.717, 1.165) is 11.8 Å². The van der Waals surface area contributed by atoms with Gasteiger partial charge >= 0.3 is 0 Å². The van der Waals surface area contributed by atoms with E-state index in [1.54, 1.807) is 0 Å². The van der Waals surface area contributed by atoms with Crippen LogP contribution in [0, 0.1) is 11.8 Å². The maximum atomic E-state index is 3.64. The first-order valence-corrected chi connectivity index (χ1v) is 5.74. The molecule has 0 radical (unpaired) electrons. The maximum Gasteiger partial charge on any atom is 0.0148 e. The predicted octanol–water partition coefficient (Wildman–Crippen LogP) is 3.58. The second-order valence-corrected chi connectivity index (χ2v) is 6.15. The first kappa shape index (κ1) is 9.05. The zero-order chi connectivity index (χ0) is 7.72. The lowest BCUT2D eigenvalue weighted by Crippen LogP contribution is -2.36. The van der Waals surface area contributed by atoms with Gasteiger partial charge in [0.15, 0.2) is 0 Å². The molecule has 0 saturated heterocycles. The Labute approximate surface area is 80.0 Å². The standard InChI is InChI=1S/C8H14Br2/c1-5(9)7-3-4-8(7)6(2)10/h5-8H,3-4H2,1-2H3. The van der Waals surface area contributed by atoms with Crippen LogP contribution in [0.1, 0.15) is 26.7 Å². The van der Waals surface area contributed by atoms with Crippen molar-refractivity contribution < 1.29 is 0 Å². The van der Waals surface area contributed by atoms with Crippen molar-refractivity contribution in [3.05, 3.63) is 0 Å². The predicted molar refractivity (Wildman–Crippen MR) is 53.0 cm³/mol. The van der Waals surface area contributed by atoms with E-state index in [0.29, 0.717) is 9.65 Å². The Bertz CT molecular complexity index is 95.8. The van der Waals surface area contributed by atoms with Gasteiger partial charge in [-0.25, -0.2) is 0 Å². The van der Waals surface area contributed by atoms with Crippen LogP contribution in [0.4, 0.5) is 0 Å². The summed E-state index contributed by atoms with van der Waals surface area (Å²) in [5, 5.41) is 0. The third-order valence-electron chi connectivity index (χ3n) is 2.56. The average molecular weight is 270 g/mol. The first-order chi connectivity index (χ1) is 4.63. The summed E-state index contributed by atoms with van der Waals surface area (Å²) in [6.07, 6.45) is 2.82. The molecule has 0 spiro atoms. The normalized spacial score (nSPS) is 38.4. The third kappa shape index (κ3) is 1.76. The summed E-state index contributed by atoms with van der Waals surface area (Å²) in [6, 6.07) is 0. The SMILES string of the molecule is CC(Br)C1CCC1C(C)Br. The lowest BCUT2D eigenvalue weighted by Gasteiger charge is -2.40. The topological polar surface area (TPSA) is 0 Å². The highest BCUT2D eigenvalue weighted by Gasteiger charge is 2.36. The third-order valence-corrected chi connectivity index (χ3v) is 3.92. The fourth-order valence-corrected chi connectivity index (χ4v) is 3.00. The Morgan fingerprint density at radius 1 is 1.00 bits per heavy atom. The van der Waals surface area contributed by atoms with Crippen molar-refractivity contribution in [1.29, 1.82) is 0 Å². The minimum atomic E-state index is 0.700. The summed E-state index contributed by atoms with van der Waals surface area (Å²) in [6.45, 7) is 4.51. The van der Waals surface area contributed by atoms with E-state index in [2.05, 4.69) is 45.7 Å². The summed E-state index contributed by atoms with van der Waals surface area (Å²) in [5.74, 6) is 1.82. The van der Waals surface area contributed by atoms with Crippen LogP contribution in [0.25, 0.3) is 0 Å². The molecule has 0 bridgehead atoms. The second-order valence-electron chi connectivity index (χ2n) is 3.26. The van der Waals surface area contributed by atoms with Gasteiger partial charge in [0.05, 0.1) is 0 Å². The molecule has 4 unspecified atom stereocenters. The van der Waals surface area contributed by atoms with Crippen molar-refractivity contribution in [2.45, 2.75) is 36.3 Å². The van der Waals surface area contributed by atoms with Crippen molar-refractivity contribution in [3.63, 3.8) is 0 Å². The van der Waals surface area contributed by atoms with Gasteiger partial charge in [-0.3, -0.25) is 0 Å². The van der Waals surface area contributed by atoms with E-state index in [9.17, 15) is 0 Å². The van der Waals surface area contributed by atoms with E-state index in [4.69, 9.17) is 0 Å². The molecule has 0 amide bonds. The molecule has 2 heteroatoms. The molecule has 1 rings (SSSR count). The van der Waals surface area contributed by atoms with E-state index < -0.39 is 0 Å². The molecule has 0 nitrogen and oxygen atoms in total. The van der Waals surface area contributed by atoms with Crippen molar-refractivity contribution in [1.82, 2.24) is 0 Å². The van der Waals surface area contributed by atoms with Gasteiger partial charge in [0.2, 0.25) is 0 Å². The van der Waals surface area contributed by atoms with Gasteiger partial charge in [-0.05, 0) is 24.7 Å². The monoisotopic (exact) mass is 268 g/mol. The first-order valence-electron chi connectivity index (χ1n) is 3.91. The molecule has 0 aromatic rings. The molecule has 0 aromatic carbocycles. The molecule has 10 heavy (non-hydrogen) atoms. The van der Waals surface area contributed by atoms with Crippen LogP contribution in [-0.4, -0.2) is 9.65 Å². The molecule has 1 aliphatic rings. The Kier molecular flexibility index (Phi) is 3.23. The molecule has 0 aromatic heterocycles. The molecule has 0 aliphatic heterocycles. The number of alkyl halides is 2. The van der Waals surface area contributed by atoms with Crippen LogP contribution in [0.15, 0.2) is 0 Å². The van der Waals surface area contributed by atoms with Crippen LogP contribution in [0.3, 0.4) is 0 Å². The summed E-state index contributed by atoms with van der Waals surface area (Å²) >= 11 is 7.28. The highest BCUT2D eigenvalue weighted by Crippen LogP contribution is 2.43. The lowest BCUT2D eigenvalue weighted by molar-refractivity contribution is 0.181. The quantitative estimate of drug-likeness (QED) is 0.673. The van der Waals surface area contributed by atoms with Crippen LogP contribution in [-0.2, 0) is 0 Å². The van der Waals surface area contributed by atoms with Crippen molar-refractivity contribution >= 4 is 31.9 Å². The summed E-state index contributed by atoms with van der Waals surface area (Å²) in [4.78, 5) is 1.40. The molecule has 1 saturated carbocycles. The summed E-state index contributed by atoms with van der Waals surface area (Å²) in [7, 11) is 0. The zero-order valence-corrected chi connectivity index (χ0v) is 9.65. The Morgan fingerprint density at radius 3 is 1.40 bits per heavy atom. The van der Waals surface area contributed by atoms with Crippen LogP contribution in [0.2, 0.25) is 0 Å². The van der Waals surface area contributed by atoms with Crippen LogP contribution >= 0.6 is 31.9 Å². The molecule has 1 fully saturated rings. The largest absolute Gasteiger partial charge is 0.0891 e. The van der Waals surface area contributed by atoms with E-state index in [1.165, 1.54) is 12.8 Å². The fraction of sp³-hybridized carbons (Fsp3) is 1.00. The molecule has 60 valence electrons. The van der Waals surface area contributed by atoms with Crippen LogP contribution in [0.5, 0.6) is 0 Å². The van der Waals surface area contributed by atoms with Crippen molar-refractivity contribution in [2.24, 2.45) is 11.8 Å². The Morgan fingerprint density at radius 2 is 1.30 bits per heavy atom. The molecule has 1 aliphatic carbocycles. The van der Waals surface area contributed by atoms with Gasteiger partial charge in [-0.1, -0.05) is 45.7 Å². The van der Waals surface area contributed by atoms with Crippen molar-refractivity contribution in [3.8, 4) is 0 Å². The highest BCUT2D eigenvalue weighted by molar-refractivity contribution is 9.09. The highest BCUT2D eigenvalue weighted by atomic mass is 79.9. The van der Waals surface area contributed by atoms with Gasteiger partial charge < -0.3 is 0 Å². The minimum absolute atomic E-state index is 0.700. The Hall–Kier alpha value is 0.960. The minimum Gasteiger partial charge on any atom is -0.0891 e. The van der Waals surface area contributed by atoms with Crippen molar-refractivity contribution in [2.75, 3.05) is 0 Å². The molecule has 4 atom stereocenters. The van der Waals surface area contributed by atoms with Gasteiger partial charge in [0.25, 0.3) is 0 Å². The number of hydrogen-bond acceptors (Lipinski definition) is 0. The number of rotatable bonds is 2. The van der Waals surface area contributed by atoms with Gasteiger partial charge in [0.1, 0.15) is 0 Å². The van der Waals surface area contributed by atoms with E-state index in [-0.39, 0.29) is 0 Å². The van der Waals surface area contributed by atoms with E-state index >= 15 is 0 Å². The van der Waals surface area contributed by atoms with Gasteiger partial charge in [-0.2, -0.15) is 0 Å².